The minimum Gasteiger partial charge on any atom is -0.406 e. The monoisotopic (exact) mass is 357 g/mol. The molecule has 0 heterocycles. The molecular formula is C17H15ClF3NO2. The smallest absolute Gasteiger partial charge is 0.406 e. The minimum absolute atomic E-state index is 0.311. The number of anilines is 1. The molecule has 2 aromatic carbocycles. The first-order valence-corrected chi connectivity index (χ1v) is 7.39. The molecule has 0 aliphatic carbocycles. The number of ether oxygens (including phenoxy) is 1. The highest BCUT2D eigenvalue weighted by Gasteiger charge is 2.32. The van der Waals surface area contributed by atoms with Gasteiger partial charge >= 0.3 is 6.36 Å². The van der Waals surface area contributed by atoms with Gasteiger partial charge in [-0.15, -0.1) is 13.2 Å². The van der Waals surface area contributed by atoms with E-state index in [-0.39, 0.29) is 11.7 Å². The lowest BCUT2D eigenvalue weighted by Crippen LogP contribution is -2.34. The molecule has 0 saturated heterocycles. The van der Waals surface area contributed by atoms with Gasteiger partial charge in [0.15, 0.2) is 0 Å². The van der Waals surface area contributed by atoms with Crippen molar-refractivity contribution in [3.8, 4) is 5.75 Å². The Labute approximate surface area is 142 Å². The number of rotatable bonds is 4. The van der Waals surface area contributed by atoms with Crippen molar-refractivity contribution in [1.29, 1.82) is 0 Å². The van der Waals surface area contributed by atoms with Crippen LogP contribution < -0.4 is 10.1 Å². The lowest BCUT2D eigenvalue weighted by molar-refractivity contribution is -0.274. The zero-order chi connectivity index (χ0) is 18.0. The third-order valence-corrected chi connectivity index (χ3v) is 3.69. The van der Waals surface area contributed by atoms with E-state index in [0.29, 0.717) is 10.7 Å². The fraction of sp³-hybridized carbons (Fsp3) is 0.235. The Balaban J connectivity index is 2.11. The normalized spacial score (nSPS) is 11.9. The maximum absolute atomic E-state index is 12.5. The lowest BCUT2D eigenvalue weighted by atomic mass is 9.83. The van der Waals surface area contributed by atoms with Crippen molar-refractivity contribution in [3.63, 3.8) is 0 Å². The Morgan fingerprint density at radius 3 is 2.25 bits per heavy atom. The average molecular weight is 358 g/mol. The standard InChI is InChI=1S/C17H15ClF3NO2/c1-16(2,11-4-3-5-12(18)10-11)15(23)22-13-6-8-14(9-7-13)24-17(19,20)21/h3-10H,1-2H3,(H,22,23). The average Bonchev–Trinajstić information content (AvgIpc) is 2.47. The Bertz CT molecular complexity index is 727. The maximum atomic E-state index is 12.5. The second-order valence-corrected chi connectivity index (χ2v) is 6.10. The lowest BCUT2D eigenvalue weighted by Gasteiger charge is -2.24. The molecule has 0 bridgehead atoms. The number of hydrogen-bond acceptors (Lipinski definition) is 2. The molecule has 0 saturated carbocycles. The molecule has 2 rings (SSSR count). The van der Waals surface area contributed by atoms with E-state index in [9.17, 15) is 18.0 Å². The molecule has 3 nitrogen and oxygen atoms in total. The van der Waals surface area contributed by atoms with Crippen LogP contribution in [-0.4, -0.2) is 12.3 Å². The van der Waals surface area contributed by atoms with Gasteiger partial charge in [0.05, 0.1) is 5.41 Å². The summed E-state index contributed by atoms with van der Waals surface area (Å²) in [5.41, 5.74) is 0.223. The van der Waals surface area contributed by atoms with Crippen molar-refractivity contribution >= 4 is 23.2 Å². The van der Waals surface area contributed by atoms with Crippen LogP contribution in [0.5, 0.6) is 5.75 Å². The van der Waals surface area contributed by atoms with Gasteiger partial charge in [0.25, 0.3) is 0 Å². The van der Waals surface area contributed by atoms with Crippen LogP contribution in [0, 0.1) is 0 Å². The van der Waals surface area contributed by atoms with E-state index in [1.807, 2.05) is 0 Å². The van der Waals surface area contributed by atoms with E-state index in [1.54, 1.807) is 38.1 Å². The summed E-state index contributed by atoms with van der Waals surface area (Å²) in [6, 6.07) is 11.9. The third kappa shape index (κ3) is 4.64. The van der Waals surface area contributed by atoms with Crippen LogP contribution >= 0.6 is 11.6 Å². The van der Waals surface area contributed by atoms with Crippen molar-refractivity contribution in [3.05, 3.63) is 59.1 Å². The summed E-state index contributed by atoms with van der Waals surface area (Å²) in [6.45, 7) is 3.46. The van der Waals surface area contributed by atoms with Gasteiger partial charge in [-0.25, -0.2) is 0 Å². The van der Waals surface area contributed by atoms with Gasteiger partial charge < -0.3 is 10.1 Å². The van der Waals surface area contributed by atoms with Crippen LogP contribution in [0.1, 0.15) is 19.4 Å². The first-order valence-electron chi connectivity index (χ1n) is 7.01. The first-order chi connectivity index (χ1) is 11.1. The largest absolute Gasteiger partial charge is 0.573 e. The Morgan fingerprint density at radius 2 is 1.71 bits per heavy atom. The molecule has 0 radical (unpaired) electrons. The molecule has 7 heteroatoms. The summed E-state index contributed by atoms with van der Waals surface area (Å²) in [5.74, 6) is -0.663. The molecule has 1 N–H and O–H groups in total. The molecule has 128 valence electrons. The SMILES string of the molecule is CC(C)(C(=O)Nc1ccc(OC(F)(F)F)cc1)c1cccc(Cl)c1. The number of amides is 1. The highest BCUT2D eigenvalue weighted by atomic mass is 35.5. The quantitative estimate of drug-likeness (QED) is 0.821. The zero-order valence-corrected chi connectivity index (χ0v) is 13.7. The second kappa shape index (κ2) is 6.73. The van der Waals surface area contributed by atoms with Crippen LogP contribution in [0.3, 0.4) is 0 Å². The summed E-state index contributed by atoms with van der Waals surface area (Å²) >= 11 is 5.95. The van der Waals surface area contributed by atoms with Gasteiger partial charge in [0.1, 0.15) is 5.75 Å². The number of halogens is 4. The van der Waals surface area contributed by atoms with Crippen molar-refractivity contribution in [1.82, 2.24) is 0 Å². The highest BCUT2D eigenvalue weighted by molar-refractivity contribution is 6.30. The van der Waals surface area contributed by atoms with Gasteiger partial charge in [-0.2, -0.15) is 0 Å². The van der Waals surface area contributed by atoms with Crippen LogP contribution in [0.4, 0.5) is 18.9 Å². The Morgan fingerprint density at radius 1 is 1.08 bits per heavy atom. The number of benzene rings is 2. The first kappa shape index (κ1) is 18.1. The summed E-state index contributed by atoms with van der Waals surface area (Å²) in [6.07, 6.45) is -4.75. The molecule has 0 fully saturated rings. The zero-order valence-electron chi connectivity index (χ0n) is 12.9. The number of hydrogen-bond donors (Lipinski definition) is 1. The number of carbonyl (C=O) groups excluding carboxylic acids is 1. The van der Waals surface area contributed by atoms with Gasteiger partial charge in [0.2, 0.25) is 5.91 Å². The predicted octanol–water partition coefficient (Wildman–Crippen LogP) is 5.15. The molecule has 0 aliphatic rings. The molecule has 1 amide bonds. The molecule has 0 atom stereocenters. The summed E-state index contributed by atoms with van der Waals surface area (Å²) in [5, 5.41) is 3.19. The minimum atomic E-state index is -4.75. The van der Waals surface area contributed by atoms with Crippen LogP contribution in [0.2, 0.25) is 5.02 Å². The van der Waals surface area contributed by atoms with E-state index in [4.69, 9.17) is 11.6 Å². The summed E-state index contributed by atoms with van der Waals surface area (Å²) in [4.78, 5) is 12.5. The second-order valence-electron chi connectivity index (χ2n) is 5.66. The predicted molar refractivity (Wildman–Crippen MR) is 86.2 cm³/mol. The van der Waals surface area contributed by atoms with E-state index in [1.165, 1.54) is 12.1 Å². The highest BCUT2D eigenvalue weighted by Crippen LogP contribution is 2.28. The van der Waals surface area contributed by atoms with Crippen LogP contribution in [-0.2, 0) is 10.2 Å². The van der Waals surface area contributed by atoms with Crippen molar-refractivity contribution in [2.45, 2.75) is 25.6 Å². The van der Waals surface area contributed by atoms with E-state index in [0.717, 1.165) is 17.7 Å². The molecule has 0 aromatic heterocycles. The van der Waals surface area contributed by atoms with Crippen molar-refractivity contribution in [2.24, 2.45) is 0 Å². The molecule has 0 unspecified atom stereocenters. The van der Waals surface area contributed by atoms with Crippen LogP contribution in [0.15, 0.2) is 48.5 Å². The van der Waals surface area contributed by atoms with Gasteiger partial charge in [0, 0.05) is 10.7 Å². The van der Waals surface area contributed by atoms with Crippen LogP contribution in [0.25, 0.3) is 0 Å². The van der Waals surface area contributed by atoms with E-state index < -0.39 is 11.8 Å². The molecular weight excluding hydrogens is 343 g/mol. The van der Waals surface area contributed by atoms with Gasteiger partial charge in [-0.1, -0.05) is 23.7 Å². The molecule has 0 spiro atoms. The number of alkyl halides is 3. The third-order valence-electron chi connectivity index (χ3n) is 3.46. The Kier molecular flexibility index (Phi) is 5.08. The molecule has 24 heavy (non-hydrogen) atoms. The van der Waals surface area contributed by atoms with Crippen molar-refractivity contribution < 1.29 is 22.7 Å². The van der Waals surface area contributed by atoms with E-state index >= 15 is 0 Å². The topological polar surface area (TPSA) is 38.3 Å². The summed E-state index contributed by atoms with van der Waals surface area (Å²) in [7, 11) is 0. The molecule has 0 aliphatic heterocycles. The molecule has 2 aromatic rings. The van der Waals surface area contributed by atoms with E-state index in [2.05, 4.69) is 10.1 Å². The Hall–Kier alpha value is -2.21. The maximum Gasteiger partial charge on any atom is 0.573 e. The van der Waals surface area contributed by atoms with Gasteiger partial charge in [-0.05, 0) is 55.8 Å². The fourth-order valence-corrected chi connectivity index (χ4v) is 2.23. The number of carbonyl (C=O) groups is 1. The van der Waals surface area contributed by atoms with Gasteiger partial charge in [-0.3, -0.25) is 4.79 Å². The summed E-state index contributed by atoms with van der Waals surface area (Å²) < 4.78 is 40.2. The number of nitrogens with one attached hydrogen (secondary N) is 1. The fourth-order valence-electron chi connectivity index (χ4n) is 2.04. The van der Waals surface area contributed by atoms with Crippen molar-refractivity contribution in [2.75, 3.05) is 5.32 Å².